The van der Waals surface area contributed by atoms with Gasteiger partial charge in [0.15, 0.2) is 0 Å². The van der Waals surface area contributed by atoms with Gasteiger partial charge >= 0.3 is 7.12 Å². The molecule has 0 amide bonds. The van der Waals surface area contributed by atoms with E-state index in [-0.39, 0.29) is 11.0 Å². The Bertz CT molecular complexity index is 304. The Kier molecular flexibility index (Phi) is 2.87. The predicted octanol–water partition coefficient (Wildman–Crippen LogP) is 0.576. The Hall–Kier alpha value is -0.385. The first-order valence-electron chi connectivity index (χ1n) is 3.34. The van der Waals surface area contributed by atoms with Crippen LogP contribution in [0.3, 0.4) is 0 Å². The predicted molar refractivity (Wildman–Crippen MR) is 48.7 cm³/mol. The van der Waals surface area contributed by atoms with Gasteiger partial charge in [-0.3, -0.25) is 0 Å². The number of halogens is 2. The van der Waals surface area contributed by atoms with Gasteiger partial charge in [0.1, 0.15) is 5.82 Å². The molecule has 0 radical (unpaired) electrons. The summed E-state index contributed by atoms with van der Waals surface area (Å²) in [6.07, 6.45) is 0. The van der Waals surface area contributed by atoms with Crippen LogP contribution in [0.1, 0.15) is 5.56 Å². The Labute approximate surface area is 78.3 Å². The molecule has 0 atom stereocenters. The van der Waals surface area contributed by atoms with Crippen molar-refractivity contribution in [2.24, 2.45) is 0 Å². The summed E-state index contributed by atoms with van der Waals surface area (Å²) in [5, 5.41) is 17.7. The molecular weight excluding hydrogens is 226 g/mol. The standard InChI is InChI=1S/C7H7BBrFO2/c1-4-6(10)3-2-5(9)7(4)8(11)12/h2-3,11-12H,1H3. The lowest BCUT2D eigenvalue weighted by Gasteiger charge is -2.07. The van der Waals surface area contributed by atoms with Crippen molar-refractivity contribution in [2.75, 3.05) is 0 Å². The van der Waals surface area contributed by atoms with E-state index in [2.05, 4.69) is 15.9 Å². The van der Waals surface area contributed by atoms with Gasteiger partial charge in [-0.25, -0.2) is 4.39 Å². The van der Waals surface area contributed by atoms with Gasteiger partial charge in [-0.15, -0.1) is 0 Å². The first kappa shape index (κ1) is 9.70. The molecular formula is C7H7BBrFO2. The van der Waals surface area contributed by atoms with E-state index in [9.17, 15) is 4.39 Å². The van der Waals surface area contributed by atoms with Crippen molar-refractivity contribution >= 4 is 28.5 Å². The second kappa shape index (κ2) is 3.55. The second-order valence-electron chi connectivity index (χ2n) is 2.44. The summed E-state index contributed by atoms with van der Waals surface area (Å²) in [7, 11) is -1.64. The van der Waals surface area contributed by atoms with Crippen molar-refractivity contribution in [1.29, 1.82) is 0 Å². The third-order valence-corrected chi connectivity index (χ3v) is 2.35. The molecule has 12 heavy (non-hydrogen) atoms. The molecule has 0 unspecified atom stereocenters. The third-order valence-electron chi connectivity index (χ3n) is 1.65. The highest BCUT2D eigenvalue weighted by Gasteiger charge is 2.19. The van der Waals surface area contributed by atoms with Gasteiger partial charge in [0, 0.05) is 9.94 Å². The molecule has 0 heterocycles. The molecule has 0 spiro atoms. The van der Waals surface area contributed by atoms with Crippen LogP contribution >= 0.6 is 15.9 Å². The zero-order valence-corrected chi connectivity index (χ0v) is 7.97. The highest BCUT2D eigenvalue weighted by Crippen LogP contribution is 2.12. The van der Waals surface area contributed by atoms with Gasteiger partial charge in [0.05, 0.1) is 0 Å². The van der Waals surface area contributed by atoms with Gasteiger partial charge in [-0.1, -0.05) is 15.9 Å². The fourth-order valence-corrected chi connectivity index (χ4v) is 1.62. The summed E-state index contributed by atoms with van der Waals surface area (Å²) in [5.74, 6) is -0.443. The quantitative estimate of drug-likeness (QED) is 0.696. The maximum atomic E-state index is 12.9. The van der Waals surface area contributed by atoms with Crippen molar-refractivity contribution in [3.05, 3.63) is 28.0 Å². The summed E-state index contributed by atoms with van der Waals surface area (Å²) >= 11 is 3.10. The van der Waals surface area contributed by atoms with Crippen LogP contribution in [0.5, 0.6) is 0 Å². The first-order chi connectivity index (χ1) is 5.54. The van der Waals surface area contributed by atoms with Crippen molar-refractivity contribution in [3.8, 4) is 0 Å². The maximum absolute atomic E-state index is 12.9. The van der Waals surface area contributed by atoms with E-state index in [1.54, 1.807) is 0 Å². The Morgan fingerprint density at radius 2 is 2.00 bits per heavy atom. The molecule has 0 saturated heterocycles. The monoisotopic (exact) mass is 232 g/mol. The van der Waals surface area contributed by atoms with E-state index in [0.29, 0.717) is 4.47 Å². The number of benzene rings is 1. The third kappa shape index (κ3) is 1.68. The molecule has 0 saturated carbocycles. The van der Waals surface area contributed by atoms with Crippen LogP contribution in [0.2, 0.25) is 0 Å². The Morgan fingerprint density at radius 3 is 2.42 bits per heavy atom. The molecule has 2 N–H and O–H groups in total. The molecule has 0 aliphatic heterocycles. The molecule has 64 valence electrons. The lowest BCUT2D eigenvalue weighted by Crippen LogP contribution is -2.34. The maximum Gasteiger partial charge on any atom is 0.489 e. The average molecular weight is 233 g/mol. The van der Waals surface area contributed by atoms with Crippen LogP contribution in [-0.4, -0.2) is 17.2 Å². The van der Waals surface area contributed by atoms with Crippen LogP contribution in [-0.2, 0) is 0 Å². The molecule has 0 aliphatic carbocycles. The summed E-state index contributed by atoms with van der Waals surface area (Å²) in [4.78, 5) is 0. The summed E-state index contributed by atoms with van der Waals surface area (Å²) in [6.45, 7) is 1.49. The minimum Gasteiger partial charge on any atom is -0.423 e. The van der Waals surface area contributed by atoms with Gasteiger partial charge < -0.3 is 10.0 Å². The molecule has 0 fully saturated rings. The van der Waals surface area contributed by atoms with Crippen LogP contribution in [0.4, 0.5) is 4.39 Å². The zero-order valence-electron chi connectivity index (χ0n) is 6.38. The molecule has 2 nitrogen and oxygen atoms in total. The van der Waals surface area contributed by atoms with Crippen LogP contribution in [0, 0.1) is 12.7 Å². The lowest BCUT2D eigenvalue weighted by molar-refractivity contribution is 0.425. The molecule has 0 aromatic heterocycles. The second-order valence-corrected chi connectivity index (χ2v) is 3.30. The minimum absolute atomic E-state index is 0.176. The van der Waals surface area contributed by atoms with Crippen molar-refractivity contribution < 1.29 is 14.4 Å². The molecule has 5 heteroatoms. The van der Waals surface area contributed by atoms with Crippen LogP contribution in [0.15, 0.2) is 16.6 Å². The molecule has 0 aliphatic rings. The van der Waals surface area contributed by atoms with Gasteiger partial charge in [0.25, 0.3) is 0 Å². The largest absolute Gasteiger partial charge is 0.489 e. The highest BCUT2D eigenvalue weighted by atomic mass is 79.9. The van der Waals surface area contributed by atoms with Gasteiger partial charge in [0.2, 0.25) is 0 Å². The van der Waals surface area contributed by atoms with E-state index in [0.717, 1.165) is 0 Å². The average Bonchev–Trinajstić information content (AvgIpc) is 1.97. The van der Waals surface area contributed by atoms with Crippen molar-refractivity contribution in [2.45, 2.75) is 6.92 Å². The summed E-state index contributed by atoms with van der Waals surface area (Å²) in [6, 6.07) is 2.71. The summed E-state index contributed by atoms with van der Waals surface area (Å²) < 4.78 is 13.4. The highest BCUT2D eigenvalue weighted by molar-refractivity contribution is 9.10. The molecule has 0 bridgehead atoms. The van der Waals surface area contributed by atoms with Gasteiger partial charge in [-0.2, -0.15) is 0 Å². The van der Waals surface area contributed by atoms with Crippen molar-refractivity contribution in [1.82, 2.24) is 0 Å². The van der Waals surface area contributed by atoms with E-state index >= 15 is 0 Å². The topological polar surface area (TPSA) is 40.5 Å². The normalized spacial score (nSPS) is 10.1. The molecule has 1 aromatic carbocycles. The number of rotatable bonds is 1. The Morgan fingerprint density at radius 1 is 1.42 bits per heavy atom. The fourth-order valence-electron chi connectivity index (χ4n) is 0.986. The first-order valence-corrected chi connectivity index (χ1v) is 4.14. The SMILES string of the molecule is Cc1c(F)ccc(Br)c1B(O)O. The Balaban J connectivity index is 3.33. The van der Waals surface area contributed by atoms with Crippen LogP contribution < -0.4 is 5.46 Å². The number of hydrogen-bond acceptors (Lipinski definition) is 2. The number of hydrogen-bond donors (Lipinski definition) is 2. The van der Waals surface area contributed by atoms with E-state index < -0.39 is 12.9 Å². The van der Waals surface area contributed by atoms with E-state index in [4.69, 9.17) is 10.0 Å². The summed E-state index contributed by atoms with van der Waals surface area (Å²) in [5.41, 5.74) is 0.425. The molecule has 1 aromatic rings. The smallest absolute Gasteiger partial charge is 0.423 e. The van der Waals surface area contributed by atoms with Crippen LogP contribution in [0.25, 0.3) is 0 Å². The minimum atomic E-state index is -1.64. The molecule has 1 rings (SSSR count). The zero-order chi connectivity index (χ0) is 9.30. The van der Waals surface area contributed by atoms with Gasteiger partial charge in [-0.05, 0) is 24.6 Å². The lowest BCUT2D eigenvalue weighted by atomic mass is 9.77. The van der Waals surface area contributed by atoms with Crippen molar-refractivity contribution in [3.63, 3.8) is 0 Å². The van der Waals surface area contributed by atoms with E-state index in [1.165, 1.54) is 19.1 Å². The fraction of sp³-hybridized carbons (Fsp3) is 0.143. The van der Waals surface area contributed by atoms with E-state index in [1.807, 2.05) is 0 Å².